The lowest BCUT2D eigenvalue weighted by Crippen LogP contribution is -1.96. The fourth-order valence-electron chi connectivity index (χ4n) is 3.20. The third-order valence-electron chi connectivity index (χ3n) is 4.64. The number of carboxylic acids is 1. The molecule has 3 rings (SSSR count). The van der Waals surface area contributed by atoms with Gasteiger partial charge in [0.05, 0.1) is 17.2 Å². The molecule has 1 N–H and O–H groups in total. The first-order valence-corrected chi connectivity index (χ1v) is 9.67. The van der Waals surface area contributed by atoms with Crippen molar-refractivity contribution in [2.45, 2.75) is 20.3 Å². The van der Waals surface area contributed by atoms with Gasteiger partial charge in [-0.1, -0.05) is 43.3 Å². The Morgan fingerprint density at radius 1 is 1.03 bits per heavy atom. The van der Waals surface area contributed by atoms with Crippen molar-refractivity contribution in [2.75, 3.05) is 0 Å². The van der Waals surface area contributed by atoms with Gasteiger partial charge in [0.1, 0.15) is 10.9 Å². The lowest BCUT2D eigenvalue weighted by atomic mass is 9.94. The topological polar surface area (TPSA) is 102 Å². The third-order valence-corrected chi connectivity index (χ3v) is 5.96. The molecule has 5 nitrogen and oxygen atoms in total. The molecule has 0 saturated carbocycles. The van der Waals surface area contributed by atoms with Gasteiger partial charge in [0.25, 0.3) is 0 Å². The van der Waals surface area contributed by atoms with Gasteiger partial charge in [0.2, 0.25) is 0 Å². The number of aryl methyl sites for hydroxylation is 1. The number of nitrogens with zero attached hydrogens (tertiary/aromatic N) is 2. The molecule has 6 heteroatoms. The van der Waals surface area contributed by atoms with Gasteiger partial charge in [-0.25, -0.2) is 4.79 Å². The summed E-state index contributed by atoms with van der Waals surface area (Å²) in [7, 11) is 0. The van der Waals surface area contributed by atoms with E-state index in [0.29, 0.717) is 39.8 Å². The van der Waals surface area contributed by atoms with Crippen LogP contribution in [-0.4, -0.2) is 16.9 Å². The Balaban J connectivity index is 2.11. The molecule has 1 heterocycles. The van der Waals surface area contributed by atoms with Gasteiger partial charge < -0.3 is 5.11 Å². The maximum Gasteiger partial charge on any atom is 0.346 e. The second-order valence-electron chi connectivity index (χ2n) is 6.38. The van der Waals surface area contributed by atoms with Crippen LogP contribution in [0.25, 0.3) is 22.3 Å². The van der Waals surface area contributed by atoms with Gasteiger partial charge in [0, 0.05) is 16.0 Å². The molecule has 0 unspecified atom stereocenters. The van der Waals surface area contributed by atoms with Crippen LogP contribution in [0, 0.1) is 22.7 Å². The molecule has 0 radical (unpaired) electrons. The zero-order valence-electron chi connectivity index (χ0n) is 15.8. The number of rotatable bonds is 5. The standard InChI is InChI=1S/C23H16N2O3S/c1-3-20-19(12-25)21(22(29-20)23(27)28)15-6-4-14(5-7-15)18-9-8-16(13(2)26)10-17(18)11-24/h4-10H,3H2,1-2H3,(H,27,28). The van der Waals surface area contributed by atoms with Crippen LogP contribution in [0.15, 0.2) is 42.5 Å². The molecule has 0 aliphatic heterocycles. The summed E-state index contributed by atoms with van der Waals surface area (Å²) in [6.07, 6.45) is 0.583. The predicted molar refractivity (Wildman–Crippen MR) is 111 cm³/mol. The molecule has 0 fully saturated rings. The van der Waals surface area contributed by atoms with Crippen LogP contribution in [0.5, 0.6) is 0 Å². The summed E-state index contributed by atoms with van der Waals surface area (Å²) in [6, 6.07) is 16.3. The van der Waals surface area contributed by atoms with Crippen molar-refractivity contribution in [3.8, 4) is 34.4 Å². The fourth-order valence-corrected chi connectivity index (χ4v) is 4.25. The highest BCUT2D eigenvalue weighted by molar-refractivity contribution is 7.14. The summed E-state index contributed by atoms with van der Waals surface area (Å²) in [5.41, 5.74) is 3.77. The van der Waals surface area contributed by atoms with Crippen LogP contribution in [0.2, 0.25) is 0 Å². The molecule has 0 aliphatic carbocycles. The smallest absolute Gasteiger partial charge is 0.346 e. The highest BCUT2D eigenvalue weighted by atomic mass is 32.1. The number of nitriles is 2. The number of hydrogen-bond donors (Lipinski definition) is 1. The maximum atomic E-state index is 11.7. The largest absolute Gasteiger partial charge is 0.477 e. The molecule has 0 amide bonds. The Bertz CT molecular complexity index is 1210. The van der Waals surface area contributed by atoms with Crippen LogP contribution in [0.1, 0.15) is 49.9 Å². The predicted octanol–water partition coefficient (Wildman–Crippen LogP) is 5.29. The molecule has 0 bridgehead atoms. The van der Waals surface area contributed by atoms with Crippen LogP contribution < -0.4 is 0 Å². The average molecular weight is 400 g/mol. The fraction of sp³-hybridized carbons (Fsp3) is 0.130. The zero-order chi connectivity index (χ0) is 21.1. The number of benzene rings is 2. The SMILES string of the molecule is CCc1sc(C(=O)O)c(-c2ccc(-c3ccc(C(C)=O)cc3C#N)cc2)c1C#N. The van der Waals surface area contributed by atoms with E-state index in [-0.39, 0.29) is 10.7 Å². The number of thiophene rings is 1. The summed E-state index contributed by atoms with van der Waals surface area (Å²) in [5.74, 6) is -1.17. The molecule has 0 aliphatic rings. The van der Waals surface area contributed by atoms with E-state index < -0.39 is 5.97 Å². The van der Waals surface area contributed by atoms with E-state index in [1.54, 1.807) is 42.5 Å². The van der Waals surface area contributed by atoms with Crippen molar-refractivity contribution in [3.05, 3.63) is 68.9 Å². The monoisotopic (exact) mass is 400 g/mol. The Kier molecular flexibility index (Phi) is 5.59. The van der Waals surface area contributed by atoms with Crippen LogP contribution in [0.3, 0.4) is 0 Å². The van der Waals surface area contributed by atoms with Gasteiger partial charge in [-0.15, -0.1) is 11.3 Å². The lowest BCUT2D eigenvalue weighted by molar-refractivity contribution is 0.0702. The van der Waals surface area contributed by atoms with E-state index in [0.717, 1.165) is 21.8 Å². The quantitative estimate of drug-likeness (QED) is 0.586. The van der Waals surface area contributed by atoms with Gasteiger partial charge in [0.15, 0.2) is 5.78 Å². The number of aromatic carboxylic acids is 1. The normalized spacial score (nSPS) is 10.2. The molecule has 1 aromatic heterocycles. The Morgan fingerprint density at radius 3 is 2.21 bits per heavy atom. The number of hydrogen-bond acceptors (Lipinski definition) is 5. The van der Waals surface area contributed by atoms with Crippen molar-refractivity contribution in [2.24, 2.45) is 0 Å². The maximum absolute atomic E-state index is 11.7. The van der Waals surface area contributed by atoms with Crippen molar-refractivity contribution < 1.29 is 14.7 Å². The van der Waals surface area contributed by atoms with Gasteiger partial charge in [-0.3, -0.25) is 4.79 Å². The van der Waals surface area contributed by atoms with Gasteiger partial charge in [-0.2, -0.15) is 10.5 Å². The van der Waals surface area contributed by atoms with E-state index in [1.165, 1.54) is 6.92 Å². The van der Waals surface area contributed by atoms with Crippen LogP contribution >= 0.6 is 11.3 Å². The Morgan fingerprint density at radius 2 is 1.69 bits per heavy atom. The minimum Gasteiger partial charge on any atom is -0.477 e. The second-order valence-corrected chi connectivity index (χ2v) is 7.49. The first-order chi connectivity index (χ1) is 13.9. The Hall–Kier alpha value is -3.74. The highest BCUT2D eigenvalue weighted by Crippen LogP contribution is 2.38. The summed E-state index contributed by atoms with van der Waals surface area (Å²) in [4.78, 5) is 24.1. The third kappa shape index (κ3) is 3.67. The molecule has 29 heavy (non-hydrogen) atoms. The van der Waals surface area contributed by atoms with E-state index in [1.807, 2.05) is 6.92 Å². The minimum atomic E-state index is -1.06. The Labute approximate surface area is 172 Å². The number of carboxylic acid groups (broad SMARTS) is 1. The number of carbonyl (C=O) groups excluding carboxylic acids is 1. The van der Waals surface area contributed by atoms with E-state index in [9.17, 15) is 25.2 Å². The molecule has 2 aromatic carbocycles. The lowest BCUT2D eigenvalue weighted by Gasteiger charge is -2.08. The van der Waals surface area contributed by atoms with Gasteiger partial charge in [-0.05, 0) is 36.1 Å². The first kappa shape index (κ1) is 20.0. The molecule has 0 atom stereocenters. The molecule has 142 valence electrons. The average Bonchev–Trinajstić information content (AvgIpc) is 3.12. The van der Waals surface area contributed by atoms with Crippen molar-refractivity contribution in [3.63, 3.8) is 0 Å². The van der Waals surface area contributed by atoms with E-state index in [2.05, 4.69) is 12.1 Å². The molecule has 3 aromatic rings. The summed E-state index contributed by atoms with van der Waals surface area (Å²) < 4.78 is 0. The van der Waals surface area contributed by atoms with E-state index >= 15 is 0 Å². The highest BCUT2D eigenvalue weighted by Gasteiger charge is 2.23. The van der Waals surface area contributed by atoms with E-state index in [4.69, 9.17) is 0 Å². The number of ketones is 1. The zero-order valence-corrected chi connectivity index (χ0v) is 16.6. The minimum absolute atomic E-state index is 0.113. The number of carbonyl (C=O) groups is 2. The molecular weight excluding hydrogens is 384 g/mol. The summed E-state index contributed by atoms with van der Waals surface area (Å²) >= 11 is 1.13. The molecule has 0 saturated heterocycles. The summed E-state index contributed by atoms with van der Waals surface area (Å²) in [6.45, 7) is 3.34. The van der Waals surface area contributed by atoms with Gasteiger partial charge >= 0.3 is 5.97 Å². The summed E-state index contributed by atoms with van der Waals surface area (Å²) in [5, 5.41) is 28.6. The first-order valence-electron chi connectivity index (χ1n) is 8.86. The van der Waals surface area contributed by atoms with Crippen molar-refractivity contribution >= 4 is 23.1 Å². The van der Waals surface area contributed by atoms with Crippen molar-refractivity contribution in [1.82, 2.24) is 0 Å². The van der Waals surface area contributed by atoms with Crippen LogP contribution in [-0.2, 0) is 6.42 Å². The van der Waals surface area contributed by atoms with Crippen molar-refractivity contribution in [1.29, 1.82) is 10.5 Å². The molecular formula is C23H16N2O3S. The van der Waals surface area contributed by atoms with Crippen LogP contribution in [0.4, 0.5) is 0 Å². The molecule has 0 spiro atoms. The second kappa shape index (κ2) is 8.10. The number of Topliss-reactive ketones (excluding diaryl/α,β-unsaturated/α-hetero) is 1.